The maximum atomic E-state index is 9.40. The number of guanidine groups is 1. The van der Waals surface area contributed by atoms with E-state index in [-0.39, 0.29) is 12.6 Å². The molecule has 0 aliphatic carbocycles. The predicted octanol–water partition coefficient (Wildman–Crippen LogP) is 3.00. The number of aliphatic hydroxyl groups is 1. The van der Waals surface area contributed by atoms with Gasteiger partial charge < -0.3 is 15.7 Å². The minimum absolute atomic E-state index is 0.0378. The van der Waals surface area contributed by atoms with Crippen LogP contribution in [-0.4, -0.2) is 17.6 Å². The van der Waals surface area contributed by atoms with Crippen molar-refractivity contribution in [3.8, 4) is 0 Å². The Morgan fingerprint density at radius 1 is 1.04 bits per heavy atom. The van der Waals surface area contributed by atoms with Crippen molar-refractivity contribution in [2.24, 2.45) is 4.99 Å². The Morgan fingerprint density at radius 3 is 2.35 bits per heavy atom. The molecule has 0 fully saturated rings. The van der Waals surface area contributed by atoms with Gasteiger partial charge >= 0.3 is 0 Å². The molecule has 2 aromatic rings. The van der Waals surface area contributed by atoms with Gasteiger partial charge in [0.2, 0.25) is 0 Å². The monoisotopic (exact) mass is 311 g/mol. The first-order valence-electron chi connectivity index (χ1n) is 8.02. The van der Waals surface area contributed by atoms with E-state index in [0.717, 1.165) is 23.6 Å². The number of hydrogen-bond acceptors (Lipinski definition) is 2. The lowest BCUT2D eigenvalue weighted by Crippen LogP contribution is -2.38. The van der Waals surface area contributed by atoms with Gasteiger partial charge in [-0.25, -0.2) is 4.99 Å². The third-order valence-corrected chi connectivity index (χ3v) is 3.69. The van der Waals surface area contributed by atoms with Crippen molar-refractivity contribution in [1.82, 2.24) is 10.6 Å². The van der Waals surface area contributed by atoms with E-state index in [2.05, 4.69) is 34.7 Å². The van der Waals surface area contributed by atoms with E-state index >= 15 is 0 Å². The summed E-state index contributed by atoms with van der Waals surface area (Å²) in [5.74, 6) is 0.775. The molecule has 4 heteroatoms. The maximum Gasteiger partial charge on any atom is 0.192 e. The number of hydrogen-bond donors (Lipinski definition) is 3. The Labute approximate surface area is 138 Å². The summed E-state index contributed by atoms with van der Waals surface area (Å²) in [6.45, 7) is 5.54. The Hall–Kier alpha value is -2.33. The Kier molecular flexibility index (Phi) is 6.63. The average Bonchev–Trinajstić information content (AvgIpc) is 2.60. The van der Waals surface area contributed by atoms with Crippen molar-refractivity contribution in [2.75, 3.05) is 6.54 Å². The van der Waals surface area contributed by atoms with E-state index in [9.17, 15) is 5.11 Å². The van der Waals surface area contributed by atoms with Crippen LogP contribution in [0.3, 0.4) is 0 Å². The van der Waals surface area contributed by atoms with Crippen molar-refractivity contribution in [3.05, 3.63) is 71.3 Å². The Morgan fingerprint density at radius 2 is 1.70 bits per heavy atom. The van der Waals surface area contributed by atoms with E-state index in [0.29, 0.717) is 6.54 Å². The second-order valence-electron chi connectivity index (χ2n) is 5.40. The minimum Gasteiger partial charge on any atom is -0.392 e. The molecule has 0 aromatic heterocycles. The molecule has 23 heavy (non-hydrogen) atoms. The Balaban J connectivity index is 2.08. The van der Waals surface area contributed by atoms with Crippen LogP contribution in [0.4, 0.5) is 0 Å². The van der Waals surface area contributed by atoms with Gasteiger partial charge in [-0.2, -0.15) is 0 Å². The second-order valence-corrected chi connectivity index (χ2v) is 5.40. The van der Waals surface area contributed by atoms with E-state index in [1.165, 1.54) is 5.56 Å². The molecule has 4 nitrogen and oxygen atoms in total. The topological polar surface area (TPSA) is 56.7 Å². The van der Waals surface area contributed by atoms with Crippen LogP contribution in [0.5, 0.6) is 0 Å². The van der Waals surface area contributed by atoms with Gasteiger partial charge in [-0.15, -0.1) is 0 Å². The summed E-state index contributed by atoms with van der Waals surface area (Å²) >= 11 is 0. The number of rotatable bonds is 6. The second kappa shape index (κ2) is 8.96. The lowest BCUT2D eigenvalue weighted by Gasteiger charge is -2.18. The lowest BCUT2D eigenvalue weighted by atomic mass is 10.1. The normalized spacial score (nSPS) is 12.7. The lowest BCUT2D eigenvalue weighted by molar-refractivity contribution is 0.280. The highest BCUT2D eigenvalue weighted by atomic mass is 16.3. The average molecular weight is 311 g/mol. The molecule has 0 amide bonds. The molecule has 0 saturated heterocycles. The number of nitrogens with one attached hydrogen (secondary N) is 2. The molecule has 122 valence electrons. The predicted molar refractivity (Wildman–Crippen MR) is 95.2 cm³/mol. The van der Waals surface area contributed by atoms with E-state index in [1.54, 1.807) is 0 Å². The van der Waals surface area contributed by atoms with Crippen molar-refractivity contribution in [3.63, 3.8) is 0 Å². The smallest absolute Gasteiger partial charge is 0.192 e. The summed E-state index contributed by atoms with van der Waals surface area (Å²) in [6.07, 6.45) is 0. The molecule has 3 N–H and O–H groups in total. The molecule has 0 heterocycles. The molecule has 1 unspecified atom stereocenters. The highest BCUT2D eigenvalue weighted by Crippen LogP contribution is 2.12. The largest absolute Gasteiger partial charge is 0.392 e. The zero-order chi connectivity index (χ0) is 16.5. The molecule has 2 rings (SSSR count). The van der Waals surface area contributed by atoms with Gasteiger partial charge in [0.05, 0.1) is 19.2 Å². The molecule has 0 aliphatic heterocycles. The number of aliphatic imine (C=N–C) groups is 1. The fourth-order valence-electron chi connectivity index (χ4n) is 2.38. The fourth-order valence-corrected chi connectivity index (χ4v) is 2.38. The number of aliphatic hydroxyl groups excluding tert-OH is 1. The highest BCUT2D eigenvalue weighted by Gasteiger charge is 2.07. The highest BCUT2D eigenvalue weighted by molar-refractivity contribution is 5.80. The third kappa shape index (κ3) is 5.11. The SMILES string of the molecule is CCNC(=NCc1ccccc1CO)NC(C)c1ccccc1. The summed E-state index contributed by atoms with van der Waals surface area (Å²) in [4.78, 5) is 4.64. The van der Waals surface area contributed by atoms with Gasteiger partial charge in [0.15, 0.2) is 5.96 Å². The molecule has 0 spiro atoms. The number of benzene rings is 2. The molecule has 1 atom stereocenters. The summed E-state index contributed by atoms with van der Waals surface area (Å²) in [5, 5.41) is 16.1. The van der Waals surface area contributed by atoms with E-state index < -0.39 is 0 Å². The van der Waals surface area contributed by atoms with Crippen molar-refractivity contribution in [2.45, 2.75) is 33.0 Å². The van der Waals surface area contributed by atoms with Crippen LogP contribution in [0.25, 0.3) is 0 Å². The van der Waals surface area contributed by atoms with Gasteiger partial charge in [-0.1, -0.05) is 54.6 Å². The first-order chi connectivity index (χ1) is 11.2. The fraction of sp³-hybridized carbons (Fsp3) is 0.316. The maximum absolute atomic E-state index is 9.40. The van der Waals surface area contributed by atoms with Crippen LogP contribution in [0.2, 0.25) is 0 Å². The van der Waals surface area contributed by atoms with Crippen molar-refractivity contribution < 1.29 is 5.11 Å². The van der Waals surface area contributed by atoms with E-state index in [1.807, 2.05) is 49.4 Å². The van der Waals surface area contributed by atoms with Gasteiger partial charge in [-0.3, -0.25) is 0 Å². The number of nitrogens with zero attached hydrogens (tertiary/aromatic N) is 1. The molecular weight excluding hydrogens is 286 g/mol. The zero-order valence-electron chi connectivity index (χ0n) is 13.8. The first kappa shape index (κ1) is 17.0. The third-order valence-electron chi connectivity index (χ3n) is 3.69. The molecular formula is C19H25N3O. The van der Waals surface area contributed by atoms with Crippen LogP contribution in [-0.2, 0) is 13.2 Å². The molecule has 0 radical (unpaired) electrons. The Bertz CT molecular complexity index is 626. The van der Waals surface area contributed by atoms with Gasteiger partial charge in [0, 0.05) is 6.54 Å². The van der Waals surface area contributed by atoms with Crippen LogP contribution in [0.15, 0.2) is 59.6 Å². The molecule has 0 aliphatic rings. The van der Waals surface area contributed by atoms with E-state index in [4.69, 9.17) is 0 Å². The van der Waals surface area contributed by atoms with Gasteiger partial charge in [-0.05, 0) is 30.5 Å². The minimum atomic E-state index is 0.0378. The summed E-state index contributed by atoms with van der Waals surface area (Å²) in [6, 6.07) is 18.3. The molecule has 0 saturated carbocycles. The summed E-state index contributed by atoms with van der Waals surface area (Å²) in [7, 11) is 0. The van der Waals surface area contributed by atoms with Crippen LogP contribution in [0, 0.1) is 0 Å². The van der Waals surface area contributed by atoms with Gasteiger partial charge in [0.1, 0.15) is 0 Å². The van der Waals surface area contributed by atoms with Crippen molar-refractivity contribution in [1.29, 1.82) is 0 Å². The van der Waals surface area contributed by atoms with Crippen LogP contribution < -0.4 is 10.6 Å². The standard InChI is InChI=1S/C19H25N3O/c1-3-20-19(22-15(2)16-9-5-4-6-10-16)21-13-17-11-7-8-12-18(17)14-23/h4-12,15,23H,3,13-14H2,1-2H3,(H2,20,21,22). The quantitative estimate of drug-likeness (QED) is 0.568. The van der Waals surface area contributed by atoms with Crippen molar-refractivity contribution >= 4 is 5.96 Å². The van der Waals surface area contributed by atoms with Crippen LogP contribution >= 0.6 is 0 Å². The summed E-state index contributed by atoms with van der Waals surface area (Å²) in [5.41, 5.74) is 3.18. The first-order valence-corrected chi connectivity index (χ1v) is 8.02. The molecule has 2 aromatic carbocycles. The zero-order valence-corrected chi connectivity index (χ0v) is 13.8. The summed E-state index contributed by atoms with van der Waals surface area (Å²) < 4.78 is 0. The molecule has 0 bridgehead atoms. The van der Waals surface area contributed by atoms with Crippen LogP contribution in [0.1, 0.15) is 36.6 Å². The van der Waals surface area contributed by atoms with Gasteiger partial charge in [0.25, 0.3) is 0 Å².